The van der Waals surface area contributed by atoms with Gasteiger partial charge in [-0.2, -0.15) is 0 Å². The van der Waals surface area contributed by atoms with Gasteiger partial charge in [-0.1, -0.05) is 23.5 Å². The van der Waals surface area contributed by atoms with Crippen LogP contribution >= 0.6 is 22.7 Å². The van der Waals surface area contributed by atoms with E-state index in [0.29, 0.717) is 5.13 Å². The van der Waals surface area contributed by atoms with Gasteiger partial charge in [0.25, 0.3) is 0 Å². The topological polar surface area (TPSA) is 58.1 Å². The molecule has 0 radical (unpaired) electrons. The molecule has 5 nitrogen and oxygen atoms in total. The molecule has 1 N–H and O–H groups in total. The lowest BCUT2D eigenvalue weighted by Gasteiger charge is -2.30. The zero-order valence-electron chi connectivity index (χ0n) is 14.3. The summed E-state index contributed by atoms with van der Waals surface area (Å²) in [6.45, 7) is 5.73. The van der Waals surface area contributed by atoms with E-state index < -0.39 is 0 Å². The van der Waals surface area contributed by atoms with E-state index in [9.17, 15) is 4.79 Å². The second kappa shape index (κ2) is 6.72. The SMILES string of the molecule is Cc1nc(NC(=O)C2CCN(c3nc4ccccc4s3)CC2)sc1C. The van der Waals surface area contributed by atoms with E-state index in [1.165, 1.54) is 4.70 Å². The Morgan fingerprint density at radius 1 is 1.16 bits per heavy atom. The summed E-state index contributed by atoms with van der Waals surface area (Å²) < 4.78 is 1.21. The fourth-order valence-electron chi connectivity index (χ4n) is 3.06. The predicted octanol–water partition coefficient (Wildman–Crippen LogP) is 4.22. The number of piperidine rings is 1. The molecule has 1 aromatic carbocycles. The van der Waals surface area contributed by atoms with Crippen LogP contribution in [0.25, 0.3) is 10.2 Å². The highest BCUT2D eigenvalue weighted by Crippen LogP contribution is 2.32. The number of hydrogen-bond acceptors (Lipinski definition) is 6. The van der Waals surface area contributed by atoms with Crippen LogP contribution in [-0.4, -0.2) is 29.0 Å². The number of carbonyl (C=O) groups excluding carboxylic acids is 1. The summed E-state index contributed by atoms with van der Waals surface area (Å²) in [5.41, 5.74) is 2.04. The summed E-state index contributed by atoms with van der Waals surface area (Å²) in [6.07, 6.45) is 1.70. The minimum atomic E-state index is 0.0511. The largest absolute Gasteiger partial charge is 0.348 e. The first-order valence-corrected chi connectivity index (χ1v) is 10.1. The summed E-state index contributed by atoms with van der Waals surface area (Å²) >= 11 is 3.27. The first-order chi connectivity index (χ1) is 12.1. The number of aromatic nitrogens is 2. The van der Waals surface area contributed by atoms with E-state index in [0.717, 1.165) is 47.2 Å². The fourth-order valence-corrected chi connectivity index (χ4v) is 4.90. The molecule has 3 heterocycles. The number of fused-ring (bicyclic) bond motifs is 1. The average Bonchev–Trinajstić information content (AvgIpc) is 3.18. The van der Waals surface area contributed by atoms with E-state index in [4.69, 9.17) is 4.98 Å². The molecule has 0 atom stereocenters. The zero-order valence-corrected chi connectivity index (χ0v) is 15.9. The van der Waals surface area contributed by atoms with E-state index in [1.54, 1.807) is 22.7 Å². The predicted molar refractivity (Wildman–Crippen MR) is 105 cm³/mol. The lowest BCUT2D eigenvalue weighted by atomic mass is 9.96. The first kappa shape index (κ1) is 16.5. The van der Waals surface area contributed by atoms with E-state index >= 15 is 0 Å². The maximum atomic E-state index is 12.5. The van der Waals surface area contributed by atoms with Crippen molar-refractivity contribution in [1.29, 1.82) is 0 Å². The lowest BCUT2D eigenvalue weighted by Crippen LogP contribution is -2.38. The third-order valence-electron chi connectivity index (χ3n) is 4.68. The van der Waals surface area contributed by atoms with Crippen LogP contribution in [0.4, 0.5) is 10.3 Å². The summed E-state index contributed by atoms with van der Waals surface area (Å²) in [6, 6.07) is 8.22. The minimum absolute atomic E-state index is 0.0511. The molecule has 130 valence electrons. The Balaban J connectivity index is 1.38. The van der Waals surface area contributed by atoms with Crippen LogP contribution in [0.15, 0.2) is 24.3 Å². The molecule has 1 saturated heterocycles. The Kier molecular flexibility index (Phi) is 4.43. The monoisotopic (exact) mass is 372 g/mol. The van der Waals surface area contributed by atoms with Crippen LogP contribution in [0.1, 0.15) is 23.4 Å². The molecular weight excluding hydrogens is 352 g/mol. The quantitative estimate of drug-likeness (QED) is 0.748. The number of aryl methyl sites for hydroxylation is 2. The number of benzene rings is 1. The van der Waals surface area contributed by atoms with Crippen LogP contribution in [0.2, 0.25) is 0 Å². The van der Waals surface area contributed by atoms with Crippen molar-refractivity contribution in [3.63, 3.8) is 0 Å². The van der Waals surface area contributed by atoms with Gasteiger partial charge in [-0.3, -0.25) is 4.79 Å². The maximum Gasteiger partial charge on any atom is 0.229 e. The number of nitrogens with one attached hydrogen (secondary N) is 1. The molecule has 25 heavy (non-hydrogen) atoms. The molecule has 7 heteroatoms. The van der Waals surface area contributed by atoms with Crippen molar-refractivity contribution >= 4 is 49.1 Å². The van der Waals surface area contributed by atoms with Gasteiger partial charge in [0.2, 0.25) is 5.91 Å². The molecule has 0 aliphatic carbocycles. The Labute approximate surface area is 154 Å². The lowest BCUT2D eigenvalue weighted by molar-refractivity contribution is -0.120. The van der Waals surface area contributed by atoms with Crippen molar-refractivity contribution in [2.75, 3.05) is 23.3 Å². The number of para-hydroxylation sites is 1. The molecule has 0 saturated carbocycles. The molecule has 2 aromatic heterocycles. The molecule has 0 spiro atoms. The molecule has 3 aromatic rings. The Morgan fingerprint density at radius 3 is 2.60 bits per heavy atom. The smallest absolute Gasteiger partial charge is 0.229 e. The molecule has 1 fully saturated rings. The normalized spacial score (nSPS) is 15.7. The highest BCUT2D eigenvalue weighted by Gasteiger charge is 2.27. The fraction of sp³-hybridized carbons (Fsp3) is 0.389. The minimum Gasteiger partial charge on any atom is -0.348 e. The third-order valence-corrected chi connectivity index (χ3v) is 6.76. The number of anilines is 2. The van der Waals surface area contributed by atoms with Gasteiger partial charge in [0, 0.05) is 23.9 Å². The van der Waals surface area contributed by atoms with Gasteiger partial charge in [0.15, 0.2) is 10.3 Å². The van der Waals surface area contributed by atoms with Gasteiger partial charge >= 0.3 is 0 Å². The van der Waals surface area contributed by atoms with Crippen LogP contribution in [0, 0.1) is 19.8 Å². The van der Waals surface area contributed by atoms with E-state index in [1.807, 2.05) is 32.0 Å². The van der Waals surface area contributed by atoms with Crippen molar-refractivity contribution in [2.24, 2.45) is 5.92 Å². The Hall–Kier alpha value is -1.99. The summed E-state index contributed by atoms with van der Waals surface area (Å²) in [7, 11) is 0. The third kappa shape index (κ3) is 3.39. The van der Waals surface area contributed by atoms with Gasteiger partial charge in [-0.25, -0.2) is 9.97 Å². The van der Waals surface area contributed by atoms with Crippen LogP contribution < -0.4 is 10.2 Å². The average molecular weight is 373 g/mol. The number of amides is 1. The van der Waals surface area contributed by atoms with Crippen molar-refractivity contribution in [3.8, 4) is 0 Å². The number of rotatable bonds is 3. The van der Waals surface area contributed by atoms with Crippen molar-refractivity contribution in [3.05, 3.63) is 34.8 Å². The van der Waals surface area contributed by atoms with E-state index in [-0.39, 0.29) is 11.8 Å². The molecular formula is C18H20N4OS2. The van der Waals surface area contributed by atoms with Gasteiger partial charge in [0.05, 0.1) is 15.9 Å². The molecule has 0 unspecified atom stereocenters. The van der Waals surface area contributed by atoms with Crippen molar-refractivity contribution in [2.45, 2.75) is 26.7 Å². The van der Waals surface area contributed by atoms with Crippen LogP contribution in [0.5, 0.6) is 0 Å². The van der Waals surface area contributed by atoms with Gasteiger partial charge < -0.3 is 10.2 Å². The molecule has 1 amide bonds. The Bertz CT molecular complexity index is 856. The summed E-state index contributed by atoms with van der Waals surface area (Å²) in [5, 5.41) is 4.76. The second-order valence-electron chi connectivity index (χ2n) is 6.38. The zero-order chi connectivity index (χ0) is 17.4. The summed E-state index contributed by atoms with van der Waals surface area (Å²) in [5.74, 6) is 0.146. The molecule has 0 bridgehead atoms. The standard InChI is InChI=1S/C18H20N4OS2/c1-11-12(2)24-17(19-11)21-16(23)13-7-9-22(10-8-13)18-20-14-5-3-4-6-15(14)25-18/h3-6,13H,7-10H2,1-2H3,(H,19,21,23). The van der Waals surface area contributed by atoms with Gasteiger partial charge in [-0.15, -0.1) is 11.3 Å². The maximum absolute atomic E-state index is 12.5. The highest BCUT2D eigenvalue weighted by atomic mass is 32.1. The van der Waals surface area contributed by atoms with E-state index in [2.05, 4.69) is 21.3 Å². The molecule has 4 rings (SSSR count). The number of hydrogen-bond donors (Lipinski definition) is 1. The van der Waals surface area contributed by atoms with Crippen molar-refractivity contribution < 1.29 is 4.79 Å². The Morgan fingerprint density at radius 2 is 1.92 bits per heavy atom. The van der Waals surface area contributed by atoms with Crippen LogP contribution in [-0.2, 0) is 4.79 Å². The number of thiazole rings is 2. The highest BCUT2D eigenvalue weighted by molar-refractivity contribution is 7.22. The number of carbonyl (C=O) groups is 1. The molecule has 1 aliphatic heterocycles. The first-order valence-electron chi connectivity index (χ1n) is 8.45. The van der Waals surface area contributed by atoms with Crippen molar-refractivity contribution in [1.82, 2.24) is 9.97 Å². The summed E-state index contributed by atoms with van der Waals surface area (Å²) in [4.78, 5) is 25.1. The number of nitrogens with zero attached hydrogens (tertiary/aromatic N) is 3. The second-order valence-corrected chi connectivity index (χ2v) is 8.59. The van der Waals surface area contributed by atoms with Gasteiger partial charge in [0.1, 0.15) is 0 Å². The molecule has 1 aliphatic rings. The van der Waals surface area contributed by atoms with Gasteiger partial charge in [-0.05, 0) is 38.8 Å². The van der Waals surface area contributed by atoms with Crippen LogP contribution in [0.3, 0.4) is 0 Å².